The van der Waals surface area contributed by atoms with Crippen LogP contribution in [0.2, 0.25) is 0 Å². The lowest BCUT2D eigenvalue weighted by Crippen LogP contribution is -2.21. The predicted molar refractivity (Wildman–Crippen MR) is 118 cm³/mol. The number of ether oxygens (including phenoxy) is 1. The van der Waals surface area contributed by atoms with Crippen LogP contribution in [0.5, 0.6) is 5.75 Å². The fourth-order valence-corrected chi connectivity index (χ4v) is 4.31. The molecule has 1 saturated carbocycles. The maximum Gasteiger partial charge on any atom is 0.426 e. The molecule has 0 heterocycles. The van der Waals surface area contributed by atoms with Crippen molar-refractivity contribution in [2.75, 3.05) is 0 Å². The van der Waals surface area contributed by atoms with Crippen LogP contribution in [-0.4, -0.2) is 0 Å². The Labute approximate surface area is 181 Å². The summed E-state index contributed by atoms with van der Waals surface area (Å²) < 4.78 is 48.6. The fourth-order valence-electron chi connectivity index (χ4n) is 4.31. The molecule has 0 aromatic heterocycles. The number of halogens is 3. The first-order valence-corrected chi connectivity index (χ1v) is 10.9. The Morgan fingerprint density at radius 3 is 2.10 bits per heavy atom. The largest absolute Gasteiger partial charge is 0.429 e. The topological polar surface area (TPSA) is 9.23 Å². The molecular weight excluding hydrogens is 397 g/mol. The summed E-state index contributed by atoms with van der Waals surface area (Å²) in [6.07, 6.45) is 1.23. The third-order valence-corrected chi connectivity index (χ3v) is 6.27. The second-order valence-corrected chi connectivity index (χ2v) is 8.71. The molecule has 1 nitrogen and oxygen atoms in total. The fraction of sp³-hybridized carbons (Fsp3) is 0.333. The molecule has 162 valence electrons. The van der Waals surface area contributed by atoms with Crippen LogP contribution in [0, 0.1) is 18.7 Å². The molecule has 4 heteroatoms. The van der Waals surface area contributed by atoms with Gasteiger partial charge in [-0.1, -0.05) is 56.2 Å². The molecule has 0 amide bonds. The Bertz CT molecular complexity index is 1020. The molecule has 0 spiro atoms. The molecule has 1 fully saturated rings. The molecule has 0 atom stereocenters. The Morgan fingerprint density at radius 1 is 0.839 bits per heavy atom. The summed E-state index contributed by atoms with van der Waals surface area (Å²) in [5, 5.41) is 0. The van der Waals surface area contributed by atoms with Gasteiger partial charge in [0.05, 0.1) is 5.56 Å². The van der Waals surface area contributed by atoms with Crippen molar-refractivity contribution in [3.05, 3.63) is 89.2 Å². The summed E-state index contributed by atoms with van der Waals surface area (Å²) >= 11 is 0. The highest BCUT2D eigenvalue weighted by molar-refractivity contribution is 5.64. The Morgan fingerprint density at radius 2 is 1.48 bits per heavy atom. The Hall–Kier alpha value is -2.75. The number of alkyl halides is 2. The Balaban J connectivity index is 1.46. The van der Waals surface area contributed by atoms with Gasteiger partial charge in [-0.15, -0.1) is 0 Å². The molecule has 3 aromatic carbocycles. The van der Waals surface area contributed by atoms with Crippen LogP contribution in [0.25, 0.3) is 11.1 Å². The van der Waals surface area contributed by atoms with E-state index in [1.54, 1.807) is 31.2 Å². The smallest absolute Gasteiger partial charge is 0.426 e. The van der Waals surface area contributed by atoms with Crippen molar-refractivity contribution in [1.29, 1.82) is 0 Å². The van der Waals surface area contributed by atoms with E-state index in [1.807, 2.05) is 12.1 Å². The highest BCUT2D eigenvalue weighted by Crippen LogP contribution is 2.37. The molecule has 4 rings (SSSR count). The van der Waals surface area contributed by atoms with Crippen LogP contribution in [0.4, 0.5) is 13.2 Å². The number of hydrogen-bond donors (Lipinski definition) is 0. The van der Waals surface area contributed by atoms with Gasteiger partial charge >= 0.3 is 6.11 Å². The van der Waals surface area contributed by atoms with Gasteiger partial charge in [0.1, 0.15) is 11.6 Å². The molecule has 1 aliphatic rings. The van der Waals surface area contributed by atoms with Crippen LogP contribution in [-0.2, 0) is 6.11 Å². The van der Waals surface area contributed by atoms with Gasteiger partial charge in [0.25, 0.3) is 0 Å². The zero-order valence-electron chi connectivity index (χ0n) is 17.9. The van der Waals surface area contributed by atoms with Crippen molar-refractivity contribution in [2.45, 2.75) is 51.6 Å². The lowest BCUT2D eigenvalue weighted by molar-refractivity contribution is -0.185. The van der Waals surface area contributed by atoms with Crippen LogP contribution >= 0.6 is 0 Å². The quantitative estimate of drug-likeness (QED) is 0.401. The second-order valence-electron chi connectivity index (χ2n) is 8.71. The number of hydrogen-bond acceptors (Lipinski definition) is 1. The molecule has 31 heavy (non-hydrogen) atoms. The second kappa shape index (κ2) is 8.78. The average Bonchev–Trinajstić information content (AvgIpc) is 2.75. The first-order chi connectivity index (χ1) is 14.8. The van der Waals surface area contributed by atoms with E-state index in [9.17, 15) is 13.2 Å². The van der Waals surface area contributed by atoms with E-state index in [-0.39, 0.29) is 17.1 Å². The van der Waals surface area contributed by atoms with Crippen molar-refractivity contribution < 1.29 is 17.9 Å². The molecule has 0 radical (unpaired) electrons. The highest BCUT2D eigenvalue weighted by atomic mass is 19.3. The van der Waals surface area contributed by atoms with Gasteiger partial charge in [0, 0.05) is 5.56 Å². The molecule has 0 bridgehead atoms. The minimum absolute atomic E-state index is 0.131. The van der Waals surface area contributed by atoms with E-state index >= 15 is 0 Å². The zero-order chi connectivity index (χ0) is 22.0. The Kier molecular flexibility index (Phi) is 6.08. The van der Waals surface area contributed by atoms with Gasteiger partial charge in [-0.25, -0.2) is 4.39 Å². The summed E-state index contributed by atoms with van der Waals surface area (Å²) in [6.45, 7) is 4.08. The van der Waals surface area contributed by atoms with E-state index < -0.39 is 6.11 Å². The minimum Gasteiger partial charge on any atom is -0.429 e. The van der Waals surface area contributed by atoms with Gasteiger partial charge < -0.3 is 4.74 Å². The monoisotopic (exact) mass is 424 g/mol. The molecule has 0 aliphatic heterocycles. The molecule has 1 aliphatic carbocycles. The molecule has 0 unspecified atom stereocenters. The lowest BCUT2D eigenvalue weighted by Gasteiger charge is -2.26. The summed E-state index contributed by atoms with van der Waals surface area (Å²) in [7, 11) is 0. The number of rotatable bonds is 5. The van der Waals surface area contributed by atoms with Crippen LogP contribution in [0.15, 0.2) is 66.7 Å². The van der Waals surface area contributed by atoms with Crippen LogP contribution in [0.3, 0.4) is 0 Å². The van der Waals surface area contributed by atoms with Crippen molar-refractivity contribution in [1.82, 2.24) is 0 Å². The first kappa shape index (κ1) is 21.5. The van der Waals surface area contributed by atoms with E-state index in [4.69, 9.17) is 4.74 Å². The van der Waals surface area contributed by atoms with Crippen molar-refractivity contribution in [3.8, 4) is 16.9 Å². The third kappa shape index (κ3) is 4.95. The normalized spacial score (nSPS) is 19.3. The van der Waals surface area contributed by atoms with E-state index in [0.29, 0.717) is 17.0 Å². The van der Waals surface area contributed by atoms with Gasteiger partial charge in [0.2, 0.25) is 0 Å². The van der Waals surface area contributed by atoms with E-state index in [0.717, 1.165) is 24.3 Å². The molecule has 0 saturated heterocycles. The maximum absolute atomic E-state index is 14.7. The van der Waals surface area contributed by atoms with Crippen LogP contribution < -0.4 is 4.74 Å². The standard InChI is InChI=1S/C27H27F3O/c1-18-3-6-20(7-4-18)21-10-14-24(15-11-21)31-27(29,30)23-12-8-22(9-13-23)25-16-5-19(2)17-26(25)28/h5,8-18,20H,3-4,6-7H2,1-2H3. The van der Waals surface area contributed by atoms with Crippen molar-refractivity contribution >= 4 is 0 Å². The first-order valence-electron chi connectivity index (χ1n) is 10.9. The zero-order valence-corrected chi connectivity index (χ0v) is 17.9. The molecular formula is C27H27F3O. The van der Waals surface area contributed by atoms with Gasteiger partial charge in [-0.2, -0.15) is 8.78 Å². The van der Waals surface area contributed by atoms with E-state index in [2.05, 4.69) is 6.92 Å². The minimum atomic E-state index is -3.48. The molecule has 0 N–H and O–H groups in total. The van der Waals surface area contributed by atoms with Gasteiger partial charge in [-0.3, -0.25) is 0 Å². The van der Waals surface area contributed by atoms with Gasteiger partial charge in [-0.05, 0) is 78.6 Å². The van der Waals surface area contributed by atoms with Crippen molar-refractivity contribution in [2.24, 2.45) is 5.92 Å². The lowest BCUT2D eigenvalue weighted by atomic mass is 9.79. The van der Waals surface area contributed by atoms with Crippen molar-refractivity contribution in [3.63, 3.8) is 0 Å². The summed E-state index contributed by atoms with van der Waals surface area (Å²) in [6, 6.07) is 17.5. The maximum atomic E-state index is 14.7. The predicted octanol–water partition coefficient (Wildman–Crippen LogP) is 8.22. The average molecular weight is 425 g/mol. The van der Waals surface area contributed by atoms with Crippen LogP contribution in [0.1, 0.15) is 55.2 Å². The van der Waals surface area contributed by atoms with Gasteiger partial charge in [0.15, 0.2) is 0 Å². The third-order valence-electron chi connectivity index (χ3n) is 6.27. The highest BCUT2D eigenvalue weighted by Gasteiger charge is 2.34. The summed E-state index contributed by atoms with van der Waals surface area (Å²) in [4.78, 5) is 0. The number of benzene rings is 3. The summed E-state index contributed by atoms with van der Waals surface area (Å²) in [5.41, 5.74) is 2.65. The molecule has 3 aromatic rings. The summed E-state index contributed by atoms with van der Waals surface area (Å²) in [5.74, 6) is 1.03. The van der Waals surface area contributed by atoms with E-state index in [1.165, 1.54) is 48.7 Å². The SMILES string of the molecule is Cc1ccc(-c2ccc(C(F)(F)Oc3ccc(C4CCC(C)CC4)cc3)cc2)c(F)c1. The number of aryl methyl sites for hydroxylation is 1.